The highest BCUT2D eigenvalue weighted by Gasteiger charge is 2.11. The Hall–Kier alpha value is -1.35. The van der Waals surface area contributed by atoms with Gasteiger partial charge in [-0.3, -0.25) is 4.99 Å². The summed E-state index contributed by atoms with van der Waals surface area (Å²) in [5, 5.41) is 6.78. The Morgan fingerprint density at radius 1 is 1.11 bits per heavy atom. The molecule has 5 nitrogen and oxygen atoms in total. The lowest BCUT2D eigenvalue weighted by Crippen LogP contribution is -2.36. The Morgan fingerprint density at radius 2 is 1.85 bits per heavy atom. The van der Waals surface area contributed by atoms with Gasteiger partial charge in [0.1, 0.15) is 5.82 Å². The summed E-state index contributed by atoms with van der Waals surface area (Å²) in [4.78, 5) is 14.0. The molecular weight excluding hydrogens is 469 g/mol. The Kier molecular flexibility index (Phi) is 9.33. The first-order valence-electron chi connectivity index (χ1n) is 9.44. The first kappa shape index (κ1) is 21.9. The van der Waals surface area contributed by atoms with Crippen molar-refractivity contribution in [1.82, 2.24) is 15.6 Å². The molecule has 1 saturated heterocycles. The predicted molar refractivity (Wildman–Crippen MR) is 126 cm³/mol. The fraction of sp³-hybridized carbons (Fsp3) is 0.500. The Balaban J connectivity index is 0.00000261. The van der Waals surface area contributed by atoms with Gasteiger partial charge in [0.25, 0.3) is 0 Å². The summed E-state index contributed by atoms with van der Waals surface area (Å²) in [7, 11) is 1.81. The van der Waals surface area contributed by atoms with E-state index in [0.29, 0.717) is 0 Å². The summed E-state index contributed by atoms with van der Waals surface area (Å²) >= 11 is 1.82. The van der Waals surface area contributed by atoms with Gasteiger partial charge in [-0.1, -0.05) is 12.8 Å². The lowest BCUT2D eigenvalue weighted by molar-refractivity contribution is 0.726. The normalized spacial score (nSPS) is 15.0. The molecule has 0 aliphatic carbocycles. The molecule has 1 aliphatic rings. The number of thiophene rings is 1. The molecule has 2 N–H and O–H groups in total. The third-order valence-corrected chi connectivity index (χ3v) is 5.65. The maximum atomic E-state index is 4.58. The van der Waals surface area contributed by atoms with E-state index in [1.54, 1.807) is 0 Å². The lowest BCUT2D eigenvalue weighted by Gasteiger charge is -2.22. The number of hydrogen-bond acceptors (Lipinski definition) is 4. The zero-order valence-corrected chi connectivity index (χ0v) is 19.3. The molecule has 0 spiro atoms. The SMILES string of the molecule is CN=C(NCc1ccnc(N2CCCCCC2)c1)NCc1ccc(C)s1.I. The number of nitrogens with one attached hydrogen (secondary N) is 2. The van der Waals surface area contributed by atoms with Crippen LogP contribution in [0.4, 0.5) is 5.82 Å². The van der Waals surface area contributed by atoms with Crippen LogP contribution < -0.4 is 15.5 Å². The zero-order chi connectivity index (χ0) is 18.2. The van der Waals surface area contributed by atoms with Crippen molar-refractivity contribution < 1.29 is 0 Å². The van der Waals surface area contributed by atoms with Gasteiger partial charge in [0.15, 0.2) is 5.96 Å². The van der Waals surface area contributed by atoms with Crippen LogP contribution in [-0.2, 0) is 13.1 Å². The van der Waals surface area contributed by atoms with Crippen LogP contribution in [0.25, 0.3) is 0 Å². The second kappa shape index (κ2) is 11.5. The number of aryl methyl sites for hydroxylation is 1. The summed E-state index contributed by atoms with van der Waals surface area (Å²) in [6.45, 7) is 5.91. The van der Waals surface area contributed by atoms with E-state index in [1.807, 2.05) is 24.6 Å². The molecule has 27 heavy (non-hydrogen) atoms. The van der Waals surface area contributed by atoms with Gasteiger partial charge in [-0.15, -0.1) is 35.3 Å². The minimum Gasteiger partial charge on any atom is -0.357 e. The van der Waals surface area contributed by atoms with Crippen LogP contribution in [0.3, 0.4) is 0 Å². The maximum absolute atomic E-state index is 4.58. The minimum atomic E-state index is 0. The molecule has 1 fully saturated rings. The van der Waals surface area contributed by atoms with E-state index in [2.05, 4.69) is 56.7 Å². The molecule has 0 atom stereocenters. The number of rotatable bonds is 5. The zero-order valence-electron chi connectivity index (χ0n) is 16.2. The number of pyridine rings is 1. The number of halogens is 1. The maximum Gasteiger partial charge on any atom is 0.191 e. The van der Waals surface area contributed by atoms with E-state index in [4.69, 9.17) is 0 Å². The first-order valence-corrected chi connectivity index (χ1v) is 10.3. The average Bonchev–Trinajstić information content (AvgIpc) is 2.91. The van der Waals surface area contributed by atoms with Gasteiger partial charge >= 0.3 is 0 Å². The van der Waals surface area contributed by atoms with Crippen LogP contribution in [0.5, 0.6) is 0 Å². The number of aromatic nitrogens is 1. The molecule has 0 amide bonds. The van der Waals surface area contributed by atoms with Crippen LogP contribution >= 0.6 is 35.3 Å². The minimum absolute atomic E-state index is 0. The average molecular weight is 499 g/mol. The summed E-state index contributed by atoms with van der Waals surface area (Å²) in [6.07, 6.45) is 7.13. The van der Waals surface area contributed by atoms with Gasteiger partial charge in [-0.2, -0.15) is 0 Å². The van der Waals surface area contributed by atoms with Gasteiger partial charge in [-0.05, 0) is 49.6 Å². The quantitative estimate of drug-likeness (QED) is 0.366. The number of guanidine groups is 1. The molecular formula is C20H30IN5S. The second-order valence-corrected chi connectivity index (χ2v) is 8.09. The Labute approximate surface area is 183 Å². The van der Waals surface area contributed by atoms with E-state index < -0.39 is 0 Å². The molecule has 2 aromatic heterocycles. The summed E-state index contributed by atoms with van der Waals surface area (Å²) < 4.78 is 0. The fourth-order valence-electron chi connectivity index (χ4n) is 3.20. The topological polar surface area (TPSA) is 52.6 Å². The Morgan fingerprint density at radius 3 is 2.52 bits per heavy atom. The van der Waals surface area contributed by atoms with Gasteiger partial charge in [0, 0.05) is 42.6 Å². The summed E-state index contributed by atoms with van der Waals surface area (Å²) in [6, 6.07) is 8.59. The van der Waals surface area contributed by atoms with Gasteiger partial charge in [0.05, 0.1) is 6.54 Å². The summed E-state index contributed by atoms with van der Waals surface area (Å²) in [5.41, 5.74) is 1.23. The fourth-order valence-corrected chi connectivity index (χ4v) is 4.03. The molecule has 0 aromatic carbocycles. The first-order chi connectivity index (χ1) is 12.7. The highest BCUT2D eigenvalue weighted by molar-refractivity contribution is 14.0. The van der Waals surface area contributed by atoms with E-state index in [1.165, 1.54) is 41.0 Å². The molecule has 0 unspecified atom stereocenters. The van der Waals surface area contributed by atoms with Crippen LogP contribution in [0.15, 0.2) is 35.5 Å². The third-order valence-electron chi connectivity index (χ3n) is 4.65. The molecule has 2 aromatic rings. The molecule has 3 heterocycles. The van der Waals surface area contributed by atoms with Crippen molar-refractivity contribution in [3.63, 3.8) is 0 Å². The Bertz CT molecular complexity index is 723. The molecule has 7 heteroatoms. The van der Waals surface area contributed by atoms with E-state index >= 15 is 0 Å². The van der Waals surface area contributed by atoms with E-state index in [9.17, 15) is 0 Å². The van der Waals surface area contributed by atoms with Crippen molar-refractivity contribution >= 4 is 47.1 Å². The lowest BCUT2D eigenvalue weighted by atomic mass is 10.2. The predicted octanol–water partition coefficient (Wildman–Crippen LogP) is 4.32. The van der Waals surface area contributed by atoms with Gasteiger partial charge in [0.2, 0.25) is 0 Å². The molecule has 0 radical (unpaired) electrons. The smallest absolute Gasteiger partial charge is 0.191 e. The van der Waals surface area contributed by atoms with Crippen molar-refractivity contribution in [3.8, 4) is 0 Å². The van der Waals surface area contributed by atoms with Crippen LogP contribution in [0.2, 0.25) is 0 Å². The number of anilines is 1. The van der Waals surface area contributed by atoms with Gasteiger partial charge < -0.3 is 15.5 Å². The second-order valence-electron chi connectivity index (χ2n) is 6.72. The van der Waals surface area contributed by atoms with E-state index in [-0.39, 0.29) is 24.0 Å². The number of aliphatic imine (C=N–C) groups is 1. The number of hydrogen-bond donors (Lipinski definition) is 2. The molecule has 1 aliphatic heterocycles. The highest BCUT2D eigenvalue weighted by atomic mass is 127. The summed E-state index contributed by atoms with van der Waals surface area (Å²) in [5.74, 6) is 1.92. The molecule has 0 bridgehead atoms. The van der Waals surface area contributed by atoms with Crippen molar-refractivity contribution in [1.29, 1.82) is 0 Å². The standard InChI is InChI=1S/C20H29N5S.HI/c1-16-7-8-18(26-16)15-24-20(21-2)23-14-17-9-10-22-19(13-17)25-11-5-3-4-6-12-25;/h7-10,13H,3-6,11-12,14-15H2,1-2H3,(H2,21,23,24);1H. The monoisotopic (exact) mass is 499 g/mol. The van der Waals surface area contributed by atoms with Crippen molar-refractivity contribution in [2.75, 3.05) is 25.0 Å². The third kappa shape index (κ3) is 6.95. The number of nitrogens with zero attached hydrogens (tertiary/aromatic N) is 3. The van der Waals surface area contributed by atoms with Crippen LogP contribution in [0, 0.1) is 6.92 Å². The van der Waals surface area contributed by atoms with Crippen molar-refractivity contribution in [2.45, 2.75) is 45.7 Å². The molecule has 0 saturated carbocycles. The largest absolute Gasteiger partial charge is 0.357 e. The van der Waals surface area contributed by atoms with Crippen molar-refractivity contribution in [3.05, 3.63) is 45.8 Å². The molecule has 148 valence electrons. The van der Waals surface area contributed by atoms with Crippen LogP contribution in [0.1, 0.15) is 41.0 Å². The van der Waals surface area contributed by atoms with Gasteiger partial charge in [-0.25, -0.2) is 4.98 Å². The highest BCUT2D eigenvalue weighted by Crippen LogP contribution is 2.18. The molecule has 3 rings (SSSR count). The van der Waals surface area contributed by atoms with E-state index in [0.717, 1.165) is 38.0 Å². The van der Waals surface area contributed by atoms with Crippen LogP contribution in [-0.4, -0.2) is 31.1 Å². The van der Waals surface area contributed by atoms with Crippen molar-refractivity contribution in [2.24, 2.45) is 4.99 Å².